The van der Waals surface area contributed by atoms with Gasteiger partial charge in [0, 0.05) is 59.0 Å². The van der Waals surface area contributed by atoms with Gasteiger partial charge < -0.3 is 24.8 Å². The van der Waals surface area contributed by atoms with Gasteiger partial charge in [-0.3, -0.25) is 9.69 Å². The van der Waals surface area contributed by atoms with E-state index in [0.29, 0.717) is 44.2 Å². The summed E-state index contributed by atoms with van der Waals surface area (Å²) in [4.78, 5) is 27.7. The highest BCUT2D eigenvalue weighted by atomic mass is 16.5. The molecule has 9 nitrogen and oxygen atoms in total. The Kier molecular flexibility index (Phi) is 7.01. The number of aromatic nitrogens is 1. The van der Waals surface area contributed by atoms with Gasteiger partial charge in [-0.15, -0.1) is 0 Å². The third-order valence-corrected chi connectivity index (χ3v) is 3.81. The molecule has 1 saturated heterocycles. The Morgan fingerprint density at radius 3 is 2.58 bits per heavy atom. The van der Waals surface area contributed by atoms with Crippen molar-refractivity contribution in [2.24, 2.45) is 0 Å². The van der Waals surface area contributed by atoms with Crippen LogP contribution in [0.1, 0.15) is 16.2 Å². The van der Waals surface area contributed by atoms with Crippen LogP contribution in [0.25, 0.3) is 0 Å². The Morgan fingerprint density at radius 1 is 1.25 bits per heavy atom. The van der Waals surface area contributed by atoms with Crippen LogP contribution in [0.3, 0.4) is 0 Å². The second-order valence-corrected chi connectivity index (χ2v) is 5.63. The number of aryl methyl sites for hydroxylation is 1. The van der Waals surface area contributed by atoms with E-state index in [1.165, 1.54) is 0 Å². The Balaban J connectivity index is 1.62. The highest BCUT2D eigenvalue weighted by Crippen LogP contribution is 2.09. The fourth-order valence-electron chi connectivity index (χ4n) is 2.46. The molecule has 0 bridgehead atoms. The van der Waals surface area contributed by atoms with Crippen molar-refractivity contribution in [3.8, 4) is 0 Å². The number of piperazine rings is 1. The minimum absolute atomic E-state index is 0.0952. The average Bonchev–Trinajstić information content (AvgIpc) is 3.01. The van der Waals surface area contributed by atoms with E-state index >= 15 is 0 Å². The maximum atomic E-state index is 12.3. The second-order valence-electron chi connectivity index (χ2n) is 5.63. The second kappa shape index (κ2) is 9.24. The summed E-state index contributed by atoms with van der Waals surface area (Å²) in [5, 5.41) is 9.27. The molecular weight excluding hydrogens is 314 g/mol. The van der Waals surface area contributed by atoms with Gasteiger partial charge in [0.25, 0.3) is 5.91 Å². The number of nitrogens with zero attached hydrogens (tertiary/aromatic N) is 3. The first-order chi connectivity index (χ1) is 11.6. The molecule has 0 radical (unpaired) electrons. The first-order valence-electron chi connectivity index (χ1n) is 8.05. The molecule has 1 fully saturated rings. The van der Waals surface area contributed by atoms with E-state index in [1.807, 2.05) is 0 Å². The van der Waals surface area contributed by atoms with Crippen molar-refractivity contribution in [1.29, 1.82) is 0 Å². The lowest BCUT2D eigenvalue weighted by Gasteiger charge is -2.34. The van der Waals surface area contributed by atoms with Gasteiger partial charge in [-0.05, 0) is 6.92 Å². The molecule has 24 heavy (non-hydrogen) atoms. The summed E-state index contributed by atoms with van der Waals surface area (Å²) in [6.45, 7) is 6.90. The van der Waals surface area contributed by atoms with Crippen LogP contribution in [0.5, 0.6) is 0 Å². The minimum atomic E-state index is -0.192. The standard InChI is InChI=1S/C15H25N5O4/c1-12-11-13(18-24-12)14(21)20-8-6-19(7-9-20)5-3-16-15(22)17-4-10-23-2/h11H,3-10H2,1-2H3,(H2,16,17,22). The maximum Gasteiger partial charge on any atom is 0.314 e. The van der Waals surface area contributed by atoms with Crippen LogP contribution >= 0.6 is 0 Å². The Hall–Kier alpha value is -2.13. The molecule has 0 spiro atoms. The summed E-state index contributed by atoms with van der Waals surface area (Å²) in [6.07, 6.45) is 0. The van der Waals surface area contributed by atoms with E-state index in [4.69, 9.17) is 9.26 Å². The number of urea groups is 1. The van der Waals surface area contributed by atoms with Gasteiger partial charge in [0.1, 0.15) is 5.76 Å². The molecule has 1 aromatic heterocycles. The van der Waals surface area contributed by atoms with Crippen molar-refractivity contribution in [2.75, 3.05) is 59.5 Å². The molecule has 0 unspecified atom stereocenters. The Bertz CT molecular complexity index is 540. The van der Waals surface area contributed by atoms with Crippen molar-refractivity contribution >= 4 is 11.9 Å². The quantitative estimate of drug-likeness (QED) is 0.661. The van der Waals surface area contributed by atoms with Gasteiger partial charge >= 0.3 is 6.03 Å². The molecular formula is C15H25N5O4. The first-order valence-corrected chi connectivity index (χ1v) is 8.05. The van der Waals surface area contributed by atoms with Gasteiger partial charge in [0.05, 0.1) is 6.61 Å². The van der Waals surface area contributed by atoms with E-state index in [1.54, 1.807) is 25.0 Å². The van der Waals surface area contributed by atoms with Crippen molar-refractivity contribution in [1.82, 2.24) is 25.6 Å². The van der Waals surface area contributed by atoms with E-state index < -0.39 is 0 Å². The minimum Gasteiger partial charge on any atom is -0.383 e. The number of ether oxygens (including phenoxy) is 1. The smallest absolute Gasteiger partial charge is 0.314 e. The zero-order valence-corrected chi connectivity index (χ0v) is 14.2. The van der Waals surface area contributed by atoms with Crippen molar-refractivity contribution < 1.29 is 18.8 Å². The molecule has 0 aliphatic carbocycles. The molecule has 0 saturated carbocycles. The number of hydrogen-bond donors (Lipinski definition) is 2. The van der Waals surface area contributed by atoms with Gasteiger partial charge in [0.2, 0.25) is 0 Å². The van der Waals surface area contributed by atoms with E-state index in [2.05, 4.69) is 20.7 Å². The fourth-order valence-corrected chi connectivity index (χ4v) is 2.46. The molecule has 0 atom stereocenters. The monoisotopic (exact) mass is 339 g/mol. The van der Waals surface area contributed by atoms with Crippen LogP contribution in [0.4, 0.5) is 4.79 Å². The zero-order valence-electron chi connectivity index (χ0n) is 14.2. The summed E-state index contributed by atoms with van der Waals surface area (Å²) >= 11 is 0. The van der Waals surface area contributed by atoms with E-state index in [-0.39, 0.29) is 11.9 Å². The SMILES string of the molecule is COCCNC(=O)NCCN1CCN(C(=O)c2cc(C)on2)CC1. The average molecular weight is 339 g/mol. The number of amides is 3. The van der Waals surface area contributed by atoms with Crippen molar-refractivity contribution in [3.05, 3.63) is 17.5 Å². The lowest BCUT2D eigenvalue weighted by Crippen LogP contribution is -2.50. The van der Waals surface area contributed by atoms with Gasteiger partial charge in [-0.25, -0.2) is 4.79 Å². The molecule has 1 aromatic rings. The summed E-state index contributed by atoms with van der Waals surface area (Å²) in [5.74, 6) is 0.536. The van der Waals surface area contributed by atoms with Crippen molar-refractivity contribution in [2.45, 2.75) is 6.92 Å². The molecule has 2 N–H and O–H groups in total. The van der Waals surface area contributed by atoms with Gasteiger partial charge in [0.15, 0.2) is 5.69 Å². The lowest BCUT2D eigenvalue weighted by atomic mass is 10.2. The molecule has 9 heteroatoms. The third-order valence-electron chi connectivity index (χ3n) is 3.81. The van der Waals surface area contributed by atoms with Crippen LogP contribution in [0.15, 0.2) is 10.6 Å². The zero-order chi connectivity index (χ0) is 17.4. The lowest BCUT2D eigenvalue weighted by molar-refractivity contribution is 0.0629. The highest BCUT2D eigenvalue weighted by Gasteiger charge is 2.23. The maximum absolute atomic E-state index is 12.3. The largest absolute Gasteiger partial charge is 0.383 e. The molecule has 1 aliphatic heterocycles. The third kappa shape index (κ3) is 5.50. The summed E-state index contributed by atoms with van der Waals surface area (Å²) in [7, 11) is 1.59. The van der Waals surface area contributed by atoms with Crippen LogP contribution in [-0.4, -0.2) is 86.4 Å². The van der Waals surface area contributed by atoms with Gasteiger partial charge in [-0.2, -0.15) is 0 Å². The molecule has 3 amide bonds. The van der Waals surface area contributed by atoms with Crippen LogP contribution < -0.4 is 10.6 Å². The van der Waals surface area contributed by atoms with E-state index in [9.17, 15) is 9.59 Å². The van der Waals surface area contributed by atoms with Crippen LogP contribution in [-0.2, 0) is 4.74 Å². The number of methoxy groups -OCH3 is 1. The molecule has 134 valence electrons. The number of nitrogens with one attached hydrogen (secondary N) is 2. The van der Waals surface area contributed by atoms with Crippen LogP contribution in [0.2, 0.25) is 0 Å². The number of hydrogen-bond acceptors (Lipinski definition) is 6. The summed E-state index contributed by atoms with van der Waals surface area (Å²) in [5.41, 5.74) is 0.357. The van der Waals surface area contributed by atoms with Gasteiger partial charge in [-0.1, -0.05) is 5.16 Å². The summed E-state index contributed by atoms with van der Waals surface area (Å²) in [6, 6.07) is 1.46. The molecule has 2 heterocycles. The molecule has 2 rings (SSSR count). The number of carbonyl (C=O) groups is 2. The predicted octanol–water partition coefficient (Wildman–Crippen LogP) is -0.314. The van der Waals surface area contributed by atoms with E-state index in [0.717, 1.165) is 19.6 Å². The predicted molar refractivity (Wildman–Crippen MR) is 86.9 cm³/mol. The fraction of sp³-hybridized carbons (Fsp3) is 0.667. The Morgan fingerprint density at radius 2 is 1.96 bits per heavy atom. The van der Waals surface area contributed by atoms with Crippen LogP contribution in [0, 0.1) is 6.92 Å². The highest BCUT2D eigenvalue weighted by molar-refractivity contribution is 5.92. The molecule has 1 aliphatic rings. The topological polar surface area (TPSA) is 99.9 Å². The molecule has 0 aromatic carbocycles. The Labute approximate surface area is 141 Å². The normalized spacial score (nSPS) is 15.3. The van der Waals surface area contributed by atoms with Crippen molar-refractivity contribution in [3.63, 3.8) is 0 Å². The number of carbonyl (C=O) groups excluding carboxylic acids is 2. The first kappa shape index (κ1) is 18.2. The number of rotatable bonds is 7. The summed E-state index contributed by atoms with van der Waals surface area (Å²) < 4.78 is 9.81.